The van der Waals surface area contributed by atoms with Crippen molar-refractivity contribution in [3.05, 3.63) is 17.2 Å². The molecule has 0 aliphatic carbocycles. The number of likely N-dealkylation sites (tertiary alicyclic amines) is 1. The minimum absolute atomic E-state index is 0.786. The van der Waals surface area contributed by atoms with Crippen LogP contribution in [0.3, 0.4) is 0 Å². The molecule has 0 radical (unpaired) electrons. The van der Waals surface area contributed by atoms with E-state index in [1.165, 1.54) is 43.1 Å². The Hall–Kier alpha value is -0.870. The van der Waals surface area contributed by atoms with E-state index in [1.54, 1.807) is 0 Å². The van der Waals surface area contributed by atoms with Gasteiger partial charge in [-0.1, -0.05) is 0 Å². The lowest BCUT2D eigenvalue weighted by atomic mass is 9.95. The van der Waals surface area contributed by atoms with Gasteiger partial charge in [-0.05, 0) is 32.4 Å². The SMILES string of the molecule is CN1CCCC(Cc2nc3c([nH]2)CNCC3)C1. The zero-order chi connectivity index (χ0) is 11.7. The van der Waals surface area contributed by atoms with Gasteiger partial charge >= 0.3 is 0 Å². The first-order valence-electron chi connectivity index (χ1n) is 6.77. The topological polar surface area (TPSA) is 44.0 Å². The summed E-state index contributed by atoms with van der Waals surface area (Å²) >= 11 is 0. The second kappa shape index (κ2) is 4.78. The van der Waals surface area contributed by atoms with Crippen molar-refractivity contribution in [2.45, 2.75) is 32.2 Å². The van der Waals surface area contributed by atoms with E-state index in [4.69, 9.17) is 4.98 Å². The van der Waals surface area contributed by atoms with Crippen LogP contribution in [0.4, 0.5) is 0 Å². The van der Waals surface area contributed by atoms with Crippen molar-refractivity contribution in [3.63, 3.8) is 0 Å². The lowest BCUT2D eigenvalue weighted by Crippen LogP contribution is -2.33. The molecule has 0 amide bonds. The molecule has 1 saturated heterocycles. The Morgan fingerprint density at radius 2 is 2.41 bits per heavy atom. The molecule has 1 unspecified atom stereocenters. The smallest absolute Gasteiger partial charge is 0.106 e. The lowest BCUT2D eigenvalue weighted by molar-refractivity contribution is 0.207. The van der Waals surface area contributed by atoms with Crippen molar-refractivity contribution in [2.24, 2.45) is 5.92 Å². The summed E-state index contributed by atoms with van der Waals surface area (Å²) in [5.74, 6) is 1.99. The normalized spacial score (nSPS) is 25.8. The van der Waals surface area contributed by atoms with Crippen molar-refractivity contribution < 1.29 is 0 Å². The Bertz CT molecular complexity index is 361. The second-order valence-corrected chi connectivity index (χ2v) is 5.51. The van der Waals surface area contributed by atoms with Crippen LogP contribution < -0.4 is 5.32 Å². The van der Waals surface area contributed by atoms with E-state index in [2.05, 4.69) is 22.2 Å². The molecule has 1 aromatic heterocycles. The van der Waals surface area contributed by atoms with E-state index in [9.17, 15) is 0 Å². The molecule has 17 heavy (non-hydrogen) atoms. The van der Waals surface area contributed by atoms with Crippen LogP contribution in [0.15, 0.2) is 0 Å². The molecule has 0 saturated carbocycles. The number of piperidine rings is 1. The molecule has 1 atom stereocenters. The van der Waals surface area contributed by atoms with Crippen LogP contribution in [0.5, 0.6) is 0 Å². The van der Waals surface area contributed by atoms with Crippen LogP contribution in [0.25, 0.3) is 0 Å². The molecule has 2 aliphatic heterocycles. The number of H-pyrrole nitrogens is 1. The van der Waals surface area contributed by atoms with E-state index in [1.807, 2.05) is 0 Å². The van der Waals surface area contributed by atoms with Crippen molar-refractivity contribution >= 4 is 0 Å². The summed E-state index contributed by atoms with van der Waals surface area (Å²) < 4.78 is 0. The van der Waals surface area contributed by atoms with Crippen molar-refractivity contribution in [3.8, 4) is 0 Å². The highest BCUT2D eigenvalue weighted by Gasteiger charge is 2.20. The molecule has 1 aromatic rings. The van der Waals surface area contributed by atoms with Crippen LogP contribution in [-0.2, 0) is 19.4 Å². The van der Waals surface area contributed by atoms with E-state index >= 15 is 0 Å². The first-order valence-corrected chi connectivity index (χ1v) is 6.77. The van der Waals surface area contributed by atoms with Gasteiger partial charge in [-0.2, -0.15) is 0 Å². The predicted molar refractivity (Wildman–Crippen MR) is 67.9 cm³/mol. The third-order valence-corrected chi connectivity index (χ3v) is 3.96. The molecule has 3 rings (SSSR count). The third-order valence-electron chi connectivity index (χ3n) is 3.96. The number of hydrogen-bond donors (Lipinski definition) is 2. The Morgan fingerprint density at radius 1 is 1.47 bits per heavy atom. The average Bonchev–Trinajstić information content (AvgIpc) is 2.71. The molecular weight excluding hydrogens is 212 g/mol. The number of nitrogens with one attached hydrogen (secondary N) is 2. The van der Waals surface area contributed by atoms with Gasteiger partial charge in [0.05, 0.1) is 11.4 Å². The summed E-state index contributed by atoms with van der Waals surface area (Å²) in [6.07, 6.45) is 4.89. The van der Waals surface area contributed by atoms with Gasteiger partial charge in [-0.3, -0.25) is 0 Å². The summed E-state index contributed by atoms with van der Waals surface area (Å²) in [7, 11) is 2.23. The van der Waals surface area contributed by atoms with Crippen molar-refractivity contribution in [1.29, 1.82) is 0 Å². The molecule has 4 nitrogen and oxygen atoms in total. The molecule has 0 spiro atoms. The first kappa shape index (κ1) is 11.2. The van der Waals surface area contributed by atoms with Gasteiger partial charge in [0.2, 0.25) is 0 Å². The standard InChI is InChI=1S/C13H22N4/c1-17-6-2-3-10(9-17)7-13-15-11-4-5-14-8-12(11)16-13/h10,14H,2-9H2,1H3,(H,15,16). The highest BCUT2D eigenvalue weighted by Crippen LogP contribution is 2.20. The summed E-state index contributed by atoms with van der Waals surface area (Å²) in [4.78, 5) is 10.7. The van der Waals surface area contributed by atoms with Gasteiger partial charge in [-0.25, -0.2) is 4.98 Å². The summed E-state index contributed by atoms with van der Waals surface area (Å²) in [5, 5.41) is 3.39. The van der Waals surface area contributed by atoms with Crippen LogP contribution in [0.1, 0.15) is 30.1 Å². The van der Waals surface area contributed by atoms with Crippen LogP contribution in [-0.4, -0.2) is 41.5 Å². The van der Waals surface area contributed by atoms with Gasteiger partial charge in [0.1, 0.15) is 5.82 Å². The molecule has 3 heterocycles. The van der Waals surface area contributed by atoms with E-state index in [0.717, 1.165) is 31.8 Å². The molecule has 0 aromatic carbocycles. The first-order chi connectivity index (χ1) is 8.31. The van der Waals surface area contributed by atoms with Crippen LogP contribution in [0.2, 0.25) is 0 Å². The zero-order valence-electron chi connectivity index (χ0n) is 10.6. The number of aromatic amines is 1. The van der Waals surface area contributed by atoms with Gasteiger partial charge in [0, 0.05) is 32.5 Å². The lowest BCUT2D eigenvalue weighted by Gasteiger charge is -2.29. The highest BCUT2D eigenvalue weighted by atomic mass is 15.1. The molecule has 2 aliphatic rings. The molecule has 94 valence electrons. The number of fused-ring (bicyclic) bond motifs is 1. The second-order valence-electron chi connectivity index (χ2n) is 5.51. The summed E-state index contributed by atoms with van der Waals surface area (Å²) in [6, 6.07) is 0. The van der Waals surface area contributed by atoms with Gasteiger partial charge in [-0.15, -0.1) is 0 Å². The third kappa shape index (κ3) is 2.53. The van der Waals surface area contributed by atoms with Crippen molar-refractivity contribution in [1.82, 2.24) is 20.2 Å². The summed E-state index contributed by atoms with van der Waals surface area (Å²) in [5.41, 5.74) is 2.61. The number of imidazole rings is 1. The maximum Gasteiger partial charge on any atom is 0.106 e. The average molecular weight is 234 g/mol. The zero-order valence-corrected chi connectivity index (χ0v) is 10.6. The molecule has 4 heteroatoms. The Balaban J connectivity index is 1.66. The van der Waals surface area contributed by atoms with Crippen LogP contribution in [0, 0.1) is 5.92 Å². The number of rotatable bonds is 2. The Kier molecular flexibility index (Phi) is 3.16. The van der Waals surface area contributed by atoms with Crippen LogP contribution >= 0.6 is 0 Å². The fourth-order valence-electron chi connectivity index (χ4n) is 3.09. The molecule has 2 N–H and O–H groups in total. The van der Waals surface area contributed by atoms with E-state index in [-0.39, 0.29) is 0 Å². The minimum atomic E-state index is 0.786. The summed E-state index contributed by atoms with van der Waals surface area (Å²) in [6.45, 7) is 4.52. The molecule has 1 fully saturated rings. The predicted octanol–water partition coefficient (Wildman–Crippen LogP) is 0.940. The fourth-order valence-corrected chi connectivity index (χ4v) is 3.09. The quantitative estimate of drug-likeness (QED) is 0.800. The number of nitrogens with zero attached hydrogens (tertiary/aromatic N) is 2. The maximum atomic E-state index is 4.76. The Morgan fingerprint density at radius 3 is 3.24 bits per heavy atom. The van der Waals surface area contributed by atoms with Gasteiger partial charge in [0.15, 0.2) is 0 Å². The van der Waals surface area contributed by atoms with E-state index < -0.39 is 0 Å². The maximum absolute atomic E-state index is 4.76. The fraction of sp³-hybridized carbons (Fsp3) is 0.769. The Labute approximate surface area is 103 Å². The largest absolute Gasteiger partial charge is 0.345 e. The van der Waals surface area contributed by atoms with Gasteiger partial charge < -0.3 is 15.2 Å². The number of hydrogen-bond acceptors (Lipinski definition) is 3. The molecular formula is C13H22N4. The van der Waals surface area contributed by atoms with E-state index in [0.29, 0.717) is 0 Å². The van der Waals surface area contributed by atoms with Crippen molar-refractivity contribution in [2.75, 3.05) is 26.7 Å². The molecule has 0 bridgehead atoms. The highest BCUT2D eigenvalue weighted by molar-refractivity contribution is 5.17. The minimum Gasteiger partial charge on any atom is -0.345 e. The van der Waals surface area contributed by atoms with Gasteiger partial charge in [0.25, 0.3) is 0 Å². The monoisotopic (exact) mass is 234 g/mol. The number of aromatic nitrogens is 2.